The molecule has 8 nitrogen and oxygen atoms in total. The van der Waals surface area contributed by atoms with Crippen molar-refractivity contribution in [2.24, 2.45) is 5.92 Å². The summed E-state index contributed by atoms with van der Waals surface area (Å²) in [5, 5.41) is 19.7. The second-order valence-electron chi connectivity index (χ2n) is 10.8. The molecule has 8 rings (SSSR count). The highest BCUT2D eigenvalue weighted by Gasteiger charge is 2.59. The molecule has 5 aliphatic rings. The van der Waals surface area contributed by atoms with E-state index in [9.17, 15) is 5.11 Å². The molecule has 2 aromatic heterocycles. The van der Waals surface area contributed by atoms with E-state index >= 15 is 4.39 Å². The van der Waals surface area contributed by atoms with Crippen molar-refractivity contribution in [2.75, 3.05) is 31.6 Å². The Labute approximate surface area is 217 Å². The molecule has 0 radical (unpaired) electrons. The van der Waals surface area contributed by atoms with Crippen LogP contribution in [0.5, 0.6) is 0 Å². The van der Waals surface area contributed by atoms with E-state index in [0.29, 0.717) is 53.5 Å². The molecular weight excluding hydrogens is 506 g/mol. The quantitative estimate of drug-likeness (QED) is 0.507. The van der Waals surface area contributed by atoms with Gasteiger partial charge in [0.1, 0.15) is 6.17 Å². The van der Waals surface area contributed by atoms with Crippen molar-refractivity contribution >= 4 is 45.7 Å². The molecule has 11 heteroatoms. The maximum Gasteiger partial charge on any atom is 0.227 e. The van der Waals surface area contributed by atoms with E-state index < -0.39 is 12.3 Å². The summed E-state index contributed by atoms with van der Waals surface area (Å²) in [7, 11) is 0. The van der Waals surface area contributed by atoms with Crippen LogP contribution >= 0.6 is 23.2 Å². The summed E-state index contributed by atoms with van der Waals surface area (Å²) in [6.45, 7) is 1.66. The van der Waals surface area contributed by atoms with Crippen molar-refractivity contribution in [3.63, 3.8) is 0 Å². The minimum Gasteiger partial charge on any atom is -0.389 e. The summed E-state index contributed by atoms with van der Waals surface area (Å²) in [4.78, 5) is 11.1. The van der Waals surface area contributed by atoms with Crippen molar-refractivity contribution in [3.8, 4) is 0 Å². The number of hydrogen-bond acceptors (Lipinski definition) is 7. The lowest BCUT2D eigenvalue weighted by Crippen LogP contribution is -2.59. The number of fused-ring (bicyclic) bond motifs is 1. The highest BCUT2D eigenvalue weighted by molar-refractivity contribution is 6.32. The topological polar surface area (TPSA) is 88.3 Å². The Kier molecular flexibility index (Phi) is 5.45. The average molecular weight is 533 g/mol. The molecule has 0 amide bonds. The highest BCUT2D eigenvalue weighted by Crippen LogP contribution is 2.63. The second-order valence-corrected chi connectivity index (χ2v) is 11.6. The zero-order valence-corrected chi connectivity index (χ0v) is 21.1. The van der Waals surface area contributed by atoms with Gasteiger partial charge in [-0.2, -0.15) is 5.10 Å². The lowest BCUT2D eigenvalue weighted by Gasteiger charge is -2.61. The fraction of sp³-hybridized carbons (Fsp3) is 0.560. The highest BCUT2D eigenvalue weighted by atomic mass is 35.5. The van der Waals surface area contributed by atoms with Gasteiger partial charge in [0.2, 0.25) is 5.95 Å². The van der Waals surface area contributed by atoms with Crippen LogP contribution in [0.4, 0.5) is 16.0 Å². The monoisotopic (exact) mass is 532 g/mol. The maximum absolute atomic E-state index is 15.4. The predicted octanol–water partition coefficient (Wildman–Crippen LogP) is 4.27. The molecule has 190 valence electrons. The summed E-state index contributed by atoms with van der Waals surface area (Å²) in [6, 6.07) is 3.53. The van der Waals surface area contributed by atoms with E-state index in [1.807, 2.05) is 15.6 Å². The van der Waals surface area contributed by atoms with Crippen molar-refractivity contribution < 1.29 is 14.2 Å². The van der Waals surface area contributed by atoms with Crippen LogP contribution in [0.3, 0.4) is 0 Å². The molecular formula is C25H27Cl2FN6O2. The van der Waals surface area contributed by atoms with E-state index in [1.54, 1.807) is 18.5 Å². The Balaban J connectivity index is 1.12. The van der Waals surface area contributed by atoms with Gasteiger partial charge in [-0.1, -0.05) is 23.2 Å². The van der Waals surface area contributed by atoms with E-state index in [1.165, 1.54) is 0 Å². The Morgan fingerprint density at radius 1 is 1.17 bits per heavy atom. The predicted molar refractivity (Wildman–Crippen MR) is 135 cm³/mol. The van der Waals surface area contributed by atoms with Crippen LogP contribution in [0.1, 0.15) is 37.2 Å². The second kappa shape index (κ2) is 8.49. The molecule has 2 aliphatic heterocycles. The van der Waals surface area contributed by atoms with Gasteiger partial charge in [0.25, 0.3) is 0 Å². The Hall–Kier alpha value is -2.04. The molecule has 2 N–H and O–H groups in total. The third-order valence-corrected chi connectivity index (χ3v) is 9.26. The summed E-state index contributed by atoms with van der Waals surface area (Å²) in [5.74, 6) is 0.882. The van der Waals surface area contributed by atoms with Crippen LogP contribution in [0.25, 0.3) is 10.9 Å². The number of aliphatic hydroxyl groups excluding tert-OH is 1. The van der Waals surface area contributed by atoms with Gasteiger partial charge in [-0.15, -0.1) is 0 Å². The van der Waals surface area contributed by atoms with Crippen molar-refractivity contribution in [3.05, 3.63) is 40.3 Å². The molecule has 36 heavy (non-hydrogen) atoms. The molecule has 2 bridgehead atoms. The first kappa shape index (κ1) is 23.1. The smallest absolute Gasteiger partial charge is 0.227 e. The number of aromatic nitrogens is 4. The molecule has 4 heterocycles. The van der Waals surface area contributed by atoms with Crippen LogP contribution in [0, 0.1) is 5.92 Å². The van der Waals surface area contributed by atoms with Crippen molar-refractivity contribution in [2.45, 2.75) is 55.5 Å². The average Bonchev–Trinajstić information content (AvgIpc) is 3.38. The van der Waals surface area contributed by atoms with Gasteiger partial charge in [-0.3, -0.25) is 4.90 Å². The van der Waals surface area contributed by atoms with Crippen LogP contribution in [0.2, 0.25) is 10.2 Å². The molecule has 2 saturated heterocycles. The third-order valence-electron chi connectivity index (χ3n) is 8.57. The number of halogens is 3. The molecule has 0 unspecified atom stereocenters. The Bertz CT molecular complexity index is 1320. The summed E-state index contributed by atoms with van der Waals surface area (Å²) >= 11 is 13.2. The lowest BCUT2D eigenvalue weighted by atomic mass is 9.50. The van der Waals surface area contributed by atoms with Crippen LogP contribution in [-0.2, 0) is 10.3 Å². The zero-order chi connectivity index (χ0) is 24.6. The number of hydrogen-bond donors (Lipinski definition) is 2. The number of benzene rings is 1. The zero-order valence-electron chi connectivity index (χ0n) is 19.6. The number of alkyl halides is 1. The number of likely N-dealkylation sites (tertiary alicyclic amines) is 1. The van der Waals surface area contributed by atoms with Gasteiger partial charge in [-0.25, -0.2) is 19.0 Å². The molecule has 3 aliphatic carbocycles. The molecule has 4 atom stereocenters. The van der Waals surface area contributed by atoms with Gasteiger partial charge in [0.15, 0.2) is 5.15 Å². The van der Waals surface area contributed by atoms with Gasteiger partial charge in [0, 0.05) is 29.1 Å². The van der Waals surface area contributed by atoms with E-state index in [2.05, 4.69) is 20.4 Å². The van der Waals surface area contributed by atoms with E-state index in [-0.39, 0.29) is 24.0 Å². The molecule has 3 saturated carbocycles. The van der Waals surface area contributed by atoms with Crippen LogP contribution < -0.4 is 5.32 Å². The number of ether oxygens (including phenoxy) is 1. The largest absolute Gasteiger partial charge is 0.389 e. The molecule has 0 spiro atoms. The number of rotatable bonds is 5. The number of nitrogens with zero attached hydrogens (tertiary/aromatic N) is 5. The minimum absolute atomic E-state index is 0.0962. The first-order chi connectivity index (χ1) is 17.4. The molecule has 3 aromatic rings. The van der Waals surface area contributed by atoms with Crippen LogP contribution in [-0.4, -0.2) is 74.4 Å². The summed E-state index contributed by atoms with van der Waals surface area (Å²) in [5.41, 5.74) is 2.20. The van der Waals surface area contributed by atoms with E-state index in [4.69, 9.17) is 27.9 Å². The van der Waals surface area contributed by atoms with Crippen molar-refractivity contribution in [1.29, 1.82) is 0 Å². The first-order valence-electron chi connectivity index (χ1n) is 12.5. The van der Waals surface area contributed by atoms with E-state index in [0.717, 1.165) is 36.1 Å². The Morgan fingerprint density at radius 3 is 2.69 bits per heavy atom. The number of anilines is 2. The number of aliphatic hydroxyl groups is 1. The van der Waals surface area contributed by atoms with Gasteiger partial charge < -0.3 is 15.2 Å². The standard InChI is InChI=1S/C25H27Cl2FN6O2/c26-17-3-14-8-29-24(32-20-9-30-34(23(20)27)25-5-13(6-25)7-25)31-19(14)4-16(17)15-1-2-33(10-18(15)28)21-11-36-12-22(21)35/h3-4,8-9,13,15,18,21-22,35H,1-2,5-7,10-12H2,(H,29,31,32)/t13?,15-,18+,21+,22-,25?/m1/s1. The minimum atomic E-state index is -1.11. The summed E-state index contributed by atoms with van der Waals surface area (Å²) in [6.07, 6.45) is 5.79. The first-order valence-corrected chi connectivity index (χ1v) is 13.3. The number of nitrogens with one attached hydrogen (secondary N) is 1. The summed E-state index contributed by atoms with van der Waals surface area (Å²) < 4.78 is 22.7. The Morgan fingerprint density at radius 2 is 2.00 bits per heavy atom. The van der Waals surface area contributed by atoms with Crippen molar-refractivity contribution in [1.82, 2.24) is 24.6 Å². The van der Waals surface area contributed by atoms with Gasteiger partial charge in [-0.05, 0) is 55.8 Å². The fourth-order valence-electron chi connectivity index (χ4n) is 6.43. The maximum atomic E-state index is 15.4. The number of piperidine rings is 1. The lowest BCUT2D eigenvalue weighted by molar-refractivity contribution is -0.0975. The van der Waals surface area contributed by atoms with Crippen LogP contribution in [0.15, 0.2) is 24.5 Å². The molecule has 5 fully saturated rings. The molecule has 1 aromatic carbocycles. The fourth-order valence-corrected chi connectivity index (χ4v) is 7.06. The normalized spacial score (nSPS) is 33.9. The van der Waals surface area contributed by atoms with Gasteiger partial charge >= 0.3 is 0 Å². The van der Waals surface area contributed by atoms with Gasteiger partial charge in [0.05, 0.1) is 48.3 Å². The third kappa shape index (κ3) is 3.62. The SMILES string of the molecule is O[C@@H]1COC[C@@H]1N1CC[C@H](c2cc3nc(Nc4cnn(C56CC(C5)C6)c4Cl)ncc3cc2Cl)[C@@H](F)C1.